The van der Waals surface area contributed by atoms with Gasteiger partial charge in [-0.05, 0) is 38.0 Å². The highest BCUT2D eigenvalue weighted by atomic mass is 32.2. The molecule has 12 heteroatoms. The Morgan fingerprint density at radius 3 is 2.55 bits per heavy atom. The molecule has 0 bridgehead atoms. The van der Waals surface area contributed by atoms with Gasteiger partial charge in [0.25, 0.3) is 5.56 Å². The van der Waals surface area contributed by atoms with Crippen LogP contribution in [0.2, 0.25) is 0 Å². The SMILES string of the molecule is Cn1cc(NC(=O)Cn2c(=O)n(C)c(=O)c3cc(S(=O)(=O)NC4(C)CC4)ccc32)cn1. The predicted octanol–water partition coefficient (Wildman–Crippen LogP) is -0.0968. The molecule has 0 aliphatic heterocycles. The molecular formula is C19H22N6O5S. The van der Waals surface area contributed by atoms with Crippen LogP contribution in [-0.4, -0.2) is 38.8 Å². The Morgan fingerprint density at radius 2 is 1.94 bits per heavy atom. The first-order chi connectivity index (χ1) is 14.5. The molecule has 31 heavy (non-hydrogen) atoms. The number of aromatic nitrogens is 4. The molecule has 2 heterocycles. The lowest BCUT2D eigenvalue weighted by Gasteiger charge is -2.15. The number of nitrogens with zero attached hydrogens (tertiary/aromatic N) is 4. The molecule has 1 aliphatic carbocycles. The van der Waals surface area contributed by atoms with Crippen molar-refractivity contribution in [1.82, 2.24) is 23.6 Å². The highest BCUT2D eigenvalue weighted by Gasteiger charge is 2.41. The van der Waals surface area contributed by atoms with Gasteiger partial charge in [-0.25, -0.2) is 17.9 Å². The largest absolute Gasteiger partial charge is 0.331 e. The topological polar surface area (TPSA) is 137 Å². The third-order valence-electron chi connectivity index (χ3n) is 5.29. The second-order valence-electron chi connectivity index (χ2n) is 8.03. The quantitative estimate of drug-likeness (QED) is 0.543. The third kappa shape index (κ3) is 4.03. The van der Waals surface area contributed by atoms with Gasteiger partial charge in [-0.15, -0.1) is 0 Å². The summed E-state index contributed by atoms with van der Waals surface area (Å²) in [6.45, 7) is 1.45. The zero-order valence-corrected chi connectivity index (χ0v) is 18.1. The molecule has 0 radical (unpaired) electrons. The lowest BCUT2D eigenvalue weighted by atomic mass is 10.2. The molecule has 11 nitrogen and oxygen atoms in total. The third-order valence-corrected chi connectivity index (χ3v) is 6.93. The number of carbonyl (C=O) groups excluding carboxylic acids is 1. The summed E-state index contributed by atoms with van der Waals surface area (Å²) in [4.78, 5) is 37.8. The van der Waals surface area contributed by atoms with E-state index in [1.807, 2.05) is 6.92 Å². The number of sulfonamides is 1. The van der Waals surface area contributed by atoms with Crippen molar-refractivity contribution in [3.05, 3.63) is 51.4 Å². The molecule has 1 amide bonds. The maximum atomic E-state index is 12.7. The highest BCUT2D eigenvalue weighted by Crippen LogP contribution is 2.36. The molecule has 1 saturated carbocycles. The smallest absolute Gasteiger partial charge is 0.322 e. The van der Waals surface area contributed by atoms with Gasteiger partial charge in [0.2, 0.25) is 15.9 Å². The van der Waals surface area contributed by atoms with Gasteiger partial charge in [0.05, 0.1) is 27.7 Å². The van der Waals surface area contributed by atoms with Crippen LogP contribution < -0.4 is 21.3 Å². The molecule has 0 atom stereocenters. The standard InChI is InChI=1S/C19H22N6O5S/c1-19(6-7-19)22-31(29,30)13-4-5-15-14(8-13)17(27)24(3)18(28)25(15)11-16(26)21-12-9-20-23(2)10-12/h4-5,8-10,22H,6-7,11H2,1-3H3,(H,21,26). The Kier molecular flexibility index (Phi) is 4.85. The van der Waals surface area contributed by atoms with Gasteiger partial charge in [0.1, 0.15) is 6.54 Å². The molecule has 164 valence electrons. The van der Waals surface area contributed by atoms with E-state index in [1.165, 1.54) is 36.1 Å². The van der Waals surface area contributed by atoms with E-state index in [0.29, 0.717) is 5.69 Å². The zero-order chi connectivity index (χ0) is 22.6. The van der Waals surface area contributed by atoms with E-state index in [1.54, 1.807) is 13.2 Å². The van der Waals surface area contributed by atoms with Crippen molar-refractivity contribution in [2.75, 3.05) is 5.32 Å². The predicted molar refractivity (Wildman–Crippen MR) is 113 cm³/mol. The maximum absolute atomic E-state index is 12.7. The summed E-state index contributed by atoms with van der Waals surface area (Å²) in [5, 5.41) is 6.62. The number of hydrogen-bond acceptors (Lipinski definition) is 6. The van der Waals surface area contributed by atoms with Crippen LogP contribution in [0.25, 0.3) is 10.9 Å². The number of hydrogen-bond donors (Lipinski definition) is 2. The van der Waals surface area contributed by atoms with E-state index in [2.05, 4.69) is 15.1 Å². The molecule has 1 aliphatic rings. The molecule has 0 spiro atoms. The Balaban J connectivity index is 1.74. The van der Waals surface area contributed by atoms with E-state index < -0.39 is 32.7 Å². The Morgan fingerprint density at radius 1 is 1.23 bits per heavy atom. The molecule has 0 unspecified atom stereocenters. The Hall–Kier alpha value is -3.25. The molecule has 4 rings (SSSR count). The molecule has 2 N–H and O–H groups in total. The van der Waals surface area contributed by atoms with Crippen LogP contribution in [-0.2, 0) is 35.5 Å². The van der Waals surface area contributed by atoms with Crippen LogP contribution >= 0.6 is 0 Å². The van der Waals surface area contributed by atoms with Crippen LogP contribution in [0, 0.1) is 0 Å². The average Bonchev–Trinajstić information content (AvgIpc) is 3.28. The van der Waals surface area contributed by atoms with Crippen molar-refractivity contribution < 1.29 is 13.2 Å². The molecule has 1 fully saturated rings. The van der Waals surface area contributed by atoms with Crippen molar-refractivity contribution in [3.8, 4) is 0 Å². The van der Waals surface area contributed by atoms with Crippen molar-refractivity contribution >= 4 is 32.5 Å². The van der Waals surface area contributed by atoms with E-state index in [-0.39, 0.29) is 22.3 Å². The number of rotatable bonds is 6. The number of aryl methyl sites for hydroxylation is 1. The second kappa shape index (κ2) is 7.17. The van der Waals surface area contributed by atoms with Gasteiger partial charge in [-0.2, -0.15) is 5.10 Å². The van der Waals surface area contributed by atoms with Crippen LogP contribution in [0.4, 0.5) is 5.69 Å². The van der Waals surface area contributed by atoms with Gasteiger partial charge < -0.3 is 5.32 Å². The molecular weight excluding hydrogens is 424 g/mol. The van der Waals surface area contributed by atoms with Crippen molar-refractivity contribution in [2.24, 2.45) is 14.1 Å². The molecule has 1 aromatic carbocycles. The van der Waals surface area contributed by atoms with Gasteiger partial charge in [-0.3, -0.25) is 23.4 Å². The summed E-state index contributed by atoms with van der Waals surface area (Å²) < 4.78 is 31.5. The Bertz CT molecular complexity index is 1430. The summed E-state index contributed by atoms with van der Waals surface area (Å²) >= 11 is 0. The van der Waals surface area contributed by atoms with Crippen LogP contribution in [0.5, 0.6) is 0 Å². The minimum atomic E-state index is -3.84. The lowest BCUT2D eigenvalue weighted by Crippen LogP contribution is -2.40. The summed E-state index contributed by atoms with van der Waals surface area (Å²) in [5.74, 6) is -0.491. The lowest BCUT2D eigenvalue weighted by molar-refractivity contribution is -0.116. The number of anilines is 1. The van der Waals surface area contributed by atoms with Crippen molar-refractivity contribution in [3.63, 3.8) is 0 Å². The average molecular weight is 446 g/mol. The minimum absolute atomic E-state index is 0.0279. The summed E-state index contributed by atoms with van der Waals surface area (Å²) in [7, 11) is -0.854. The number of benzene rings is 1. The maximum Gasteiger partial charge on any atom is 0.331 e. The fourth-order valence-corrected chi connectivity index (χ4v) is 4.79. The van der Waals surface area contributed by atoms with Crippen molar-refractivity contribution in [2.45, 2.75) is 36.7 Å². The van der Waals surface area contributed by atoms with Gasteiger partial charge in [0, 0.05) is 25.8 Å². The molecule has 0 saturated heterocycles. The van der Waals surface area contributed by atoms with E-state index in [9.17, 15) is 22.8 Å². The number of carbonyl (C=O) groups is 1. The van der Waals surface area contributed by atoms with Crippen LogP contribution in [0.3, 0.4) is 0 Å². The fraction of sp³-hybridized carbons (Fsp3) is 0.368. The summed E-state index contributed by atoms with van der Waals surface area (Å²) in [6.07, 6.45) is 4.55. The second-order valence-corrected chi connectivity index (χ2v) is 9.71. The number of nitrogens with one attached hydrogen (secondary N) is 2. The molecule has 3 aromatic rings. The fourth-order valence-electron chi connectivity index (χ4n) is 3.30. The van der Waals surface area contributed by atoms with Gasteiger partial charge in [0.15, 0.2) is 0 Å². The van der Waals surface area contributed by atoms with Gasteiger partial charge >= 0.3 is 5.69 Å². The Labute approximate surface area is 177 Å². The first-order valence-electron chi connectivity index (χ1n) is 9.55. The van der Waals surface area contributed by atoms with Gasteiger partial charge in [-0.1, -0.05) is 0 Å². The number of amides is 1. The zero-order valence-electron chi connectivity index (χ0n) is 17.2. The summed E-state index contributed by atoms with van der Waals surface area (Å²) in [5.41, 5.74) is -1.16. The monoisotopic (exact) mass is 446 g/mol. The van der Waals surface area contributed by atoms with Crippen LogP contribution in [0.1, 0.15) is 19.8 Å². The molecule has 2 aromatic heterocycles. The highest BCUT2D eigenvalue weighted by molar-refractivity contribution is 7.89. The summed E-state index contributed by atoms with van der Waals surface area (Å²) in [6, 6.07) is 3.94. The van der Waals surface area contributed by atoms with E-state index in [0.717, 1.165) is 22.0 Å². The number of fused-ring (bicyclic) bond motifs is 1. The van der Waals surface area contributed by atoms with E-state index >= 15 is 0 Å². The van der Waals surface area contributed by atoms with Crippen LogP contribution in [0.15, 0.2) is 45.1 Å². The van der Waals surface area contributed by atoms with Crippen molar-refractivity contribution in [1.29, 1.82) is 0 Å². The normalized spacial score (nSPS) is 15.2. The van der Waals surface area contributed by atoms with E-state index in [4.69, 9.17) is 0 Å². The minimum Gasteiger partial charge on any atom is -0.322 e. The first kappa shape index (κ1) is 21.0. The first-order valence-corrected chi connectivity index (χ1v) is 11.0.